The fraction of sp³-hybridized carbons (Fsp3) is 0.556. The molecule has 0 unspecified atom stereocenters. The maximum atomic E-state index is 11.2. The summed E-state index contributed by atoms with van der Waals surface area (Å²) in [6.07, 6.45) is 1.04. The first-order valence-electron chi connectivity index (χ1n) is 5.10. The van der Waals surface area contributed by atoms with Gasteiger partial charge in [0.1, 0.15) is 12.4 Å². The van der Waals surface area contributed by atoms with Crippen molar-refractivity contribution in [3.05, 3.63) is 12.3 Å². The number of rotatable bonds is 4. The van der Waals surface area contributed by atoms with Crippen LogP contribution < -0.4 is 10.6 Å². The van der Waals surface area contributed by atoms with Gasteiger partial charge in [0.15, 0.2) is 0 Å². The van der Waals surface area contributed by atoms with Gasteiger partial charge in [-0.3, -0.25) is 5.32 Å². The quantitative estimate of drug-likeness (QED) is 0.648. The van der Waals surface area contributed by atoms with Crippen molar-refractivity contribution in [2.24, 2.45) is 0 Å². The molecule has 1 saturated heterocycles. The van der Waals surface area contributed by atoms with Gasteiger partial charge in [-0.05, 0) is 0 Å². The lowest BCUT2D eigenvalue weighted by molar-refractivity contribution is 0.131. The summed E-state index contributed by atoms with van der Waals surface area (Å²) in [7, 11) is 0. The van der Waals surface area contributed by atoms with E-state index < -0.39 is 6.09 Å². The van der Waals surface area contributed by atoms with Gasteiger partial charge >= 0.3 is 6.09 Å². The zero-order valence-electron chi connectivity index (χ0n) is 8.72. The predicted octanol–water partition coefficient (Wildman–Crippen LogP) is -0.432. The molecule has 7 heteroatoms. The topological polar surface area (TPSA) is 88.4 Å². The summed E-state index contributed by atoms with van der Waals surface area (Å²) in [6.45, 7) is 1.51. The molecule has 0 aliphatic carbocycles. The highest BCUT2D eigenvalue weighted by molar-refractivity contribution is 5.83. The number of carbonyl (C=O) groups excluding carboxylic acids is 1. The van der Waals surface area contributed by atoms with Crippen LogP contribution in [0.25, 0.3) is 0 Å². The van der Waals surface area contributed by atoms with Gasteiger partial charge in [-0.25, -0.2) is 9.48 Å². The second-order valence-corrected chi connectivity index (χ2v) is 3.46. The lowest BCUT2D eigenvalue weighted by atomic mass is 10.2. The predicted molar refractivity (Wildman–Crippen MR) is 56.2 cm³/mol. The molecule has 1 aliphatic rings. The Hall–Kier alpha value is -1.60. The van der Waals surface area contributed by atoms with E-state index in [2.05, 4.69) is 15.7 Å². The van der Waals surface area contributed by atoms with E-state index in [1.54, 1.807) is 16.9 Å². The molecule has 0 atom stereocenters. The van der Waals surface area contributed by atoms with Crippen LogP contribution in [0, 0.1) is 0 Å². The van der Waals surface area contributed by atoms with Crippen molar-refractivity contribution < 1.29 is 14.6 Å². The SMILES string of the molecule is O=C(Nc1ccnn1C1CNC1)OCCO. The lowest BCUT2D eigenvalue weighted by Gasteiger charge is -2.28. The van der Waals surface area contributed by atoms with E-state index >= 15 is 0 Å². The molecule has 1 aliphatic heterocycles. The molecule has 0 radical (unpaired) electrons. The summed E-state index contributed by atoms with van der Waals surface area (Å²) < 4.78 is 6.44. The minimum absolute atomic E-state index is 0.00897. The van der Waals surface area contributed by atoms with Gasteiger partial charge in [0.25, 0.3) is 0 Å². The lowest BCUT2D eigenvalue weighted by Crippen LogP contribution is -2.44. The van der Waals surface area contributed by atoms with Crippen LogP contribution in [0.5, 0.6) is 0 Å². The van der Waals surface area contributed by atoms with Crippen LogP contribution in [0.15, 0.2) is 12.3 Å². The van der Waals surface area contributed by atoms with Crippen molar-refractivity contribution in [2.75, 3.05) is 31.6 Å². The Morgan fingerprint density at radius 3 is 3.19 bits per heavy atom. The largest absolute Gasteiger partial charge is 0.447 e. The van der Waals surface area contributed by atoms with E-state index in [4.69, 9.17) is 9.84 Å². The van der Waals surface area contributed by atoms with Gasteiger partial charge in [0.05, 0.1) is 18.8 Å². The van der Waals surface area contributed by atoms with E-state index in [-0.39, 0.29) is 19.3 Å². The molecule has 0 spiro atoms. The molecule has 0 saturated carbocycles. The number of amides is 1. The molecule has 0 aromatic carbocycles. The Balaban J connectivity index is 1.93. The molecule has 1 amide bonds. The zero-order chi connectivity index (χ0) is 11.4. The van der Waals surface area contributed by atoms with E-state index in [1.807, 2.05) is 0 Å². The molecule has 2 heterocycles. The number of aliphatic hydroxyl groups excluding tert-OH is 1. The summed E-state index contributed by atoms with van der Waals surface area (Å²) in [6, 6.07) is 1.99. The molecular formula is C9H14N4O3. The Kier molecular flexibility index (Phi) is 3.37. The van der Waals surface area contributed by atoms with Gasteiger partial charge < -0.3 is 15.2 Å². The Labute approximate surface area is 92.4 Å². The number of anilines is 1. The fourth-order valence-corrected chi connectivity index (χ4v) is 1.43. The van der Waals surface area contributed by atoms with Crippen molar-refractivity contribution >= 4 is 11.9 Å². The number of nitrogens with zero attached hydrogens (tertiary/aromatic N) is 2. The first-order valence-corrected chi connectivity index (χ1v) is 5.10. The maximum Gasteiger partial charge on any atom is 0.412 e. The zero-order valence-corrected chi connectivity index (χ0v) is 8.72. The third kappa shape index (κ3) is 2.31. The molecule has 1 aromatic rings. The standard InChI is InChI=1S/C9H14N4O3/c14-3-4-16-9(15)12-8-1-2-11-13(8)7-5-10-6-7/h1-2,7,10,14H,3-6H2,(H,12,15). The highest BCUT2D eigenvalue weighted by atomic mass is 16.6. The Morgan fingerprint density at radius 2 is 2.56 bits per heavy atom. The maximum absolute atomic E-state index is 11.2. The van der Waals surface area contributed by atoms with Crippen LogP contribution in [0.2, 0.25) is 0 Å². The molecule has 1 aromatic heterocycles. The van der Waals surface area contributed by atoms with E-state index in [9.17, 15) is 4.79 Å². The minimum Gasteiger partial charge on any atom is -0.447 e. The van der Waals surface area contributed by atoms with Crippen molar-refractivity contribution in [1.29, 1.82) is 0 Å². The van der Waals surface area contributed by atoms with Crippen LogP contribution in [0.1, 0.15) is 6.04 Å². The number of nitrogens with one attached hydrogen (secondary N) is 2. The summed E-state index contributed by atoms with van der Waals surface area (Å²) in [5, 5.41) is 18.3. The van der Waals surface area contributed by atoms with Crippen molar-refractivity contribution in [1.82, 2.24) is 15.1 Å². The minimum atomic E-state index is -0.580. The van der Waals surface area contributed by atoms with Gasteiger partial charge in [0, 0.05) is 19.2 Å². The normalized spacial score (nSPS) is 15.6. The van der Waals surface area contributed by atoms with Gasteiger partial charge in [-0.2, -0.15) is 5.10 Å². The van der Waals surface area contributed by atoms with E-state index in [0.717, 1.165) is 13.1 Å². The van der Waals surface area contributed by atoms with Crippen molar-refractivity contribution in [2.45, 2.75) is 6.04 Å². The average molecular weight is 226 g/mol. The summed E-state index contributed by atoms with van der Waals surface area (Å²) in [5.74, 6) is 0.606. The fourth-order valence-electron chi connectivity index (χ4n) is 1.43. The molecule has 0 bridgehead atoms. The number of aromatic nitrogens is 2. The number of hydrogen-bond donors (Lipinski definition) is 3. The van der Waals surface area contributed by atoms with Crippen LogP contribution in [0.4, 0.5) is 10.6 Å². The second kappa shape index (κ2) is 4.95. The number of aliphatic hydroxyl groups is 1. The molecule has 88 valence electrons. The monoisotopic (exact) mass is 226 g/mol. The molecule has 1 fully saturated rings. The number of ether oxygens (including phenoxy) is 1. The van der Waals surface area contributed by atoms with Crippen LogP contribution in [-0.4, -0.2) is 47.3 Å². The molecule has 2 rings (SSSR count). The highest BCUT2D eigenvalue weighted by Crippen LogP contribution is 2.17. The third-order valence-electron chi connectivity index (χ3n) is 2.33. The smallest absolute Gasteiger partial charge is 0.412 e. The molecule has 3 N–H and O–H groups in total. The highest BCUT2D eigenvalue weighted by Gasteiger charge is 2.22. The van der Waals surface area contributed by atoms with Gasteiger partial charge in [-0.15, -0.1) is 0 Å². The van der Waals surface area contributed by atoms with E-state index in [1.165, 1.54) is 0 Å². The first-order chi connectivity index (χ1) is 7.81. The third-order valence-corrected chi connectivity index (χ3v) is 2.33. The Morgan fingerprint density at radius 1 is 1.75 bits per heavy atom. The van der Waals surface area contributed by atoms with Crippen LogP contribution in [-0.2, 0) is 4.74 Å². The average Bonchev–Trinajstić information content (AvgIpc) is 2.61. The van der Waals surface area contributed by atoms with Gasteiger partial charge in [-0.1, -0.05) is 0 Å². The number of hydrogen-bond acceptors (Lipinski definition) is 5. The van der Waals surface area contributed by atoms with E-state index in [0.29, 0.717) is 5.82 Å². The first kappa shape index (κ1) is 10.9. The van der Waals surface area contributed by atoms with Crippen molar-refractivity contribution in [3.8, 4) is 0 Å². The Bertz CT molecular complexity index is 361. The molecule has 7 nitrogen and oxygen atoms in total. The van der Waals surface area contributed by atoms with Crippen molar-refractivity contribution in [3.63, 3.8) is 0 Å². The van der Waals surface area contributed by atoms with Crippen LogP contribution in [0.3, 0.4) is 0 Å². The molecular weight excluding hydrogens is 212 g/mol. The second-order valence-electron chi connectivity index (χ2n) is 3.46. The summed E-state index contributed by atoms with van der Waals surface area (Å²) in [5.41, 5.74) is 0. The number of carbonyl (C=O) groups is 1. The summed E-state index contributed by atoms with van der Waals surface area (Å²) in [4.78, 5) is 11.2. The molecule has 16 heavy (non-hydrogen) atoms. The summed E-state index contributed by atoms with van der Waals surface area (Å²) >= 11 is 0. The van der Waals surface area contributed by atoms with Gasteiger partial charge in [0.2, 0.25) is 0 Å². The van der Waals surface area contributed by atoms with Crippen LogP contribution >= 0.6 is 0 Å².